The van der Waals surface area contributed by atoms with Crippen LogP contribution in [-0.2, 0) is 17.7 Å². The first kappa shape index (κ1) is 21.1. The molecule has 0 saturated carbocycles. The highest BCUT2D eigenvalue weighted by Gasteiger charge is 2.45. The van der Waals surface area contributed by atoms with Gasteiger partial charge in [0.2, 0.25) is 0 Å². The molecule has 21 heavy (non-hydrogen) atoms. The lowest BCUT2D eigenvalue weighted by Crippen LogP contribution is -2.50. The quantitative estimate of drug-likeness (QED) is 0.305. The van der Waals surface area contributed by atoms with E-state index in [1.54, 1.807) is 0 Å². The second kappa shape index (κ2) is 15.0. The normalized spacial score (nSPS) is 12.0. The van der Waals surface area contributed by atoms with Gasteiger partial charge in [-0.1, -0.05) is 52.9 Å². The van der Waals surface area contributed by atoms with Crippen LogP contribution in [0.3, 0.4) is 0 Å². The molecule has 0 aliphatic carbocycles. The fourth-order valence-corrected chi connectivity index (χ4v) is 3.87. The summed E-state index contributed by atoms with van der Waals surface area (Å²) in [5.41, 5.74) is 0. The Labute approximate surface area is 133 Å². The summed E-state index contributed by atoms with van der Waals surface area (Å²) in [6.07, 6.45) is 8.94. The van der Waals surface area contributed by atoms with Crippen LogP contribution in [0.1, 0.15) is 79.1 Å². The van der Waals surface area contributed by atoms with Crippen molar-refractivity contribution in [3.05, 3.63) is 0 Å². The van der Waals surface area contributed by atoms with Crippen LogP contribution >= 0.6 is 0 Å². The largest absolute Gasteiger partial charge is 0.679 e. The molecule has 4 nitrogen and oxygen atoms in total. The average Bonchev–Trinajstić information content (AvgIpc) is 2.48. The van der Waals surface area contributed by atoms with Crippen LogP contribution in [0, 0.1) is 0 Å². The van der Waals surface area contributed by atoms with Crippen LogP contribution in [0.2, 0.25) is 0 Å². The Morgan fingerprint density at radius 3 is 1.43 bits per heavy atom. The highest BCUT2D eigenvalue weighted by molar-refractivity contribution is 6.53. The maximum Gasteiger partial charge on any atom is 0.679 e. The monoisotopic (exact) mass is 320 g/mol. The molecule has 0 unspecified atom stereocenters. The molecule has 0 heterocycles. The predicted molar refractivity (Wildman–Crippen MR) is 89.2 cm³/mol. The minimum Gasteiger partial charge on any atom is -0.351 e. The van der Waals surface area contributed by atoms with Crippen molar-refractivity contribution in [1.29, 1.82) is 0 Å². The molecule has 0 bridgehead atoms. The molecule has 128 valence electrons. The van der Waals surface area contributed by atoms with Crippen molar-refractivity contribution in [3.8, 4) is 0 Å². The van der Waals surface area contributed by atoms with Gasteiger partial charge in [0, 0.05) is 26.4 Å². The highest BCUT2D eigenvalue weighted by atomic mass is 28.4. The molecule has 0 aromatic rings. The maximum atomic E-state index is 5.98. The van der Waals surface area contributed by atoms with Crippen molar-refractivity contribution < 1.29 is 17.7 Å². The summed E-state index contributed by atoms with van der Waals surface area (Å²) in [7, 11) is -2.93. The molecule has 0 fully saturated rings. The number of hydrogen-bond acceptors (Lipinski definition) is 4. The third-order valence-corrected chi connectivity index (χ3v) is 5.47. The fourth-order valence-electron chi connectivity index (χ4n) is 1.84. The van der Waals surface area contributed by atoms with Gasteiger partial charge in [0.05, 0.1) is 0 Å². The van der Waals surface area contributed by atoms with E-state index in [0.717, 1.165) is 32.1 Å². The van der Waals surface area contributed by atoms with Gasteiger partial charge in [-0.25, -0.2) is 0 Å². The Hall–Kier alpha value is 0.0569. The van der Waals surface area contributed by atoms with Crippen LogP contribution in [0.4, 0.5) is 0 Å². The minimum absolute atomic E-state index is 0.569. The Morgan fingerprint density at radius 1 is 0.524 bits per heavy atom. The summed E-state index contributed by atoms with van der Waals surface area (Å²) < 4.78 is 23.7. The highest BCUT2D eigenvalue weighted by Crippen LogP contribution is 2.15. The van der Waals surface area contributed by atoms with Crippen LogP contribution in [-0.4, -0.2) is 35.5 Å². The van der Waals surface area contributed by atoms with Gasteiger partial charge in [-0.05, 0) is 26.2 Å². The molecule has 0 N–H and O–H groups in total. The Kier molecular flexibility index (Phi) is 15.0. The molecule has 0 aliphatic heterocycles. The molecule has 0 amide bonds. The van der Waals surface area contributed by atoms with Crippen molar-refractivity contribution in [2.75, 3.05) is 26.4 Å². The molecule has 0 aromatic carbocycles. The number of unbranched alkanes of at least 4 members (excludes halogenated alkanes) is 5. The Morgan fingerprint density at radius 2 is 1.00 bits per heavy atom. The number of rotatable bonds is 16. The Bertz CT molecular complexity index is 204. The second-order valence-electron chi connectivity index (χ2n) is 5.25. The van der Waals surface area contributed by atoms with Gasteiger partial charge in [0.25, 0.3) is 0 Å². The topological polar surface area (TPSA) is 36.9 Å². The maximum absolute atomic E-state index is 5.98. The van der Waals surface area contributed by atoms with Gasteiger partial charge < -0.3 is 17.7 Å². The molecule has 0 rings (SSSR count). The van der Waals surface area contributed by atoms with Gasteiger partial charge in [-0.3, -0.25) is 0 Å². The summed E-state index contributed by atoms with van der Waals surface area (Å²) in [6.45, 7) is 11.0. The summed E-state index contributed by atoms with van der Waals surface area (Å²) in [4.78, 5) is 0. The third kappa shape index (κ3) is 11.3. The van der Waals surface area contributed by atoms with E-state index >= 15 is 0 Å². The van der Waals surface area contributed by atoms with E-state index in [1.165, 1.54) is 19.3 Å². The molecule has 0 aliphatic rings. The van der Waals surface area contributed by atoms with Gasteiger partial charge in [0.15, 0.2) is 0 Å². The average molecular weight is 321 g/mol. The molecule has 0 atom stereocenters. The van der Waals surface area contributed by atoms with Crippen LogP contribution in [0.5, 0.6) is 0 Å². The van der Waals surface area contributed by atoms with Crippen molar-refractivity contribution in [1.82, 2.24) is 0 Å². The van der Waals surface area contributed by atoms with E-state index < -0.39 is 9.05 Å². The van der Waals surface area contributed by atoms with Crippen LogP contribution in [0.15, 0.2) is 0 Å². The zero-order chi connectivity index (χ0) is 15.8. The van der Waals surface area contributed by atoms with Gasteiger partial charge in [0.1, 0.15) is 0 Å². The zero-order valence-electron chi connectivity index (χ0n) is 14.6. The van der Waals surface area contributed by atoms with Crippen molar-refractivity contribution in [2.24, 2.45) is 0 Å². The lowest BCUT2D eigenvalue weighted by molar-refractivity contribution is -0.0341. The second-order valence-corrected chi connectivity index (χ2v) is 7.40. The van der Waals surface area contributed by atoms with Crippen molar-refractivity contribution in [2.45, 2.75) is 79.1 Å². The van der Waals surface area contributed by atoms with Crippen molar-refractivity contribution >= 4 is 9.05 Å². The first-order chi connectivity index (χ1) is 10.2. The molecular formula is C16H36O4Si. The summed E-state index contributed by atoms with van der Waals surface area (Å²) >= 11 is 0. The van der Waals surface area contributed by atoms with Crippen LogP contribution < -0.4 is 0 Å². The van der Waals surface area contributed by atoms with E-state index in [2.05, 4.69) is 20.8 Å². The van der Waals surface area contributed by atoms with Crippen molar-refractivity contribution in [3.63, 3.8) is 0 Å². The minimum atomic E-state index is -2.93. The SMILES string of the molecule is CCCCCCO[Si](OCC)(OCCCC)OCCCC. The smallest absolute Gasteiger partial charge is 0.351 e. The summed E-state index contributed by atoms with van der Waals surface area (Å²) in [5, 5.41) is 0. The first-order valence-electron chi connectivity index (χ1n) is 8.80. The molecule has 5 heteroatoms. The molecule has 0 radical (unpaired) electrons. The van der Waals surface area contributed by atoms with Gasteiger partial charge in [-0.2, -0.15) is 0 Å². The van der Waals surface area contributed by atoms with E-state index in [0.29, 0.717) is 26.4 Å². The van der Waals surface area contributed by atoms with Gasteiger partial charge >= 0.3 is 9.05 Å². The standard InChI is InChI=1S/C16H36O4Si/c1-5-9-12-13-16-20-21(17-8-4,18-14-10-6-2)19-15-11-7-3/h5-16H2,1-4H3. The zero-order valence-corrected chi connectivity index (χ0v) is 15.6. The molecule has 0 saturated heterocycles. The molecular weight excluding hydrogens is 284 g/mol. The molecule has 0 spiro atoms. The summed E-state index contributed by atoms with van der Waals surface area (Å²) in [5.74, 6) is 0. The lowest BCUT2D eigenvalue weighted by Gasteiger charge is -2.27. The van der Waals surface area contributed by atoms with E-state index in [9.17, 15) is 0 Å². The summed E-state index contributed by atoms with van der Waals surface area (Å²) in [6, 6.07) is 0. The van der Waals surface area contributed by atoms with E-state index in [4.69, 9.17) is 17.7 Å². The molecule has 0 aromatic heterocycles. The van der Waals surface area contributed by atoms with E-state index in [-0.39, 0.29) is 0 Å². The van der Waals surface area contributed by atoms with Crippen LogP contribution in [0.25, 0.3) is 0 Å². The lowest BCUT2D eigenvalue weighted by atomic mass is 10.2. The van der Waals surface area contributed by atoms with Gasteiger partial charge in [-0.15, -0.1) is 0 Å². The number of hydrogen-bond donors (Lipinski definition) is 0. The predicted octanol–water partition coefficient (Wildman–Crippen LogP) is 4.69. The third-order valence-electron chi connectivity index (χ3n) is 3.15. The Balaban J connectivity index is 4.34. The van der Waals surface area contributed by atoms with E-state index in [1.807, 2.05) is 6.92 Å². The fraction of sp³-hybridized carbons (Fsp3) is 1.00. The first-order valence-corrected chi connectivity index (χ1v) is 10.4.